The molecule has 2 aromatic rings. The van der Waals surface area contributed by atoms with Gasteiger partial charge in [-0.2, -0.15) is 0 Å². The van der Waals surface area contributed by atoms with Crippen molar-refractivity contribution in [1.82, 2.24) is 4.98 Å². The first-order valence-corrected chi connectivity index (χ1v) is 6.02. The Bertz CT molecular complexity index is 538. The van der Waals surface area contributed by atoms with E-state index in [2.05, 4.69) is 11.1 Å². The van der Waals surface area contributed by atoms with Crippen LogP contribution in [0.15, 0.2) is 36.7 Å². The highest BCUT2D eigenvalue weighted by atomic mass is 16.5. The largest absolute Gasteiger partial charge is 0.494 e. The maximum Gasteiger partial charge on any atom is 0.120 e. The molecule has 3 heteroatoms. The normalized spacial score (nSPS) is 10.4. The molecular formula is C15H17NO2. The van der Waals surface area contributed by atoms with Crippen molar-refractivity contribution >= 4 is 0 Å². The molecule has 0 atom stereocenters. The fourth-order valence-corrected chi connectivity index (χ4v) is 1.88. The summed E-state index contributed by atoms with van der Waals surface area (Å²) < 4.78 is 5.51. The lowest BCUT2D eigenvalue weighted by molar-refractivity contribution is 0.280. The molecule has 0 amide bonds. The first-order chi connectivity index (χ1) is 8.72. The number of aryl methyl sites for hydroxylation is 1. The van der Waals surface area contributed by atoms with Gasteiger partial charge in [0.1, 0.15) is 5.75 Å². The van der Waals surface area contributed by atoms with Gasteiger partial charge in [-0.3, -0.25) is 4.98 Å². The Hall–Kier alpha value is -1.87. The molecule has 3 nitrogen and oxygen atoms in total. The van der Waals surface area contributed by atoms with Crippen LogP contribution in [-0.2, 0) is 6.61 Å². The van der Waals surface area contributed by atoms with Gasteiger partial charge in [0, 0.05) is 18.0 Å². The van der Waals surface area contributed by atoms with Gasteiger partial charge in [-0.15, -0.1) is 0 Å². The highest BCUT2D eigenvalue weighted by molar-refractivity contribution is 5.65. The van der Waals surface area contributed by atoms with Gasteiger partial charge in [-0.1, -0.05) is 0 Å². The third-order valence-corrected chi connectivity index (χ3v) is 2.67. The van der Waals surface area contributed by atoms with Crippen LogP contribution < -0.4 is 4.74 Å². The first-order valence-electron chi connectivity index (χ1n) is 6.02. The van der Waals surface area contributed by atoms with E-state index in [1.165, 1.54) is 0 Å². The molecule has 0 saturated carbocycles. The van der Waals surface area contributed by atoms with Crippen LogP contribution in [0.3, 0.4) is 0 Å². The van der Waals surface area contributed by atoms with Crippen LogP contribution >= 0.6 is 0 Å². The summed E-state index contributed by atoms with van der Waals surface area (Å²) in [5, 5.41) is 9.29. The van der Waals surface area contributed by atoms with Crippen molar-refractivity contribution in [3.05, 3.63) is 47.8 Å². The number of aromatic nitrogens is 1. The quantitative estimate of drug-likeness (QED) is 0.897. The zero-order valence-electron chi connectivity index (χ0n) is 10.7. The van der Waals surface area contributed by atoms with Gasteiger partial charge in [0.25, 0.3) is 0 Å². The zero-order valence-corrected chi connectivity index (χ0v) is 10.7. The number of nitrogens with zero attached hydrogens (tertiary/aromatic N) is 1. The minimum atomic E-state index is 0.00710. The van der Waals surface area contributed by atoms with Gasteiger partial charge >= 0.3 is 0 Å². The maximum absolute atomic E-state index is 9.29. The van der Waals surface area contributed by atoms with E-state index in [0.29, 0.717) is 6.61 Å². The second-order valence-electron chi connectivity index (χ2n) is 4.21. The Balaban J connectivity index is 2.46. The number of aliphatic hydroxyl groups excluding tert-OH is 1. The molecule has 0 radical (unpaired) electrons. The van der Waals surface area contributed by atoms with E-state index in [9.17, 15) is 5.11 Å². The van der Waals surface area contributed by atoms with Crippen LogP contribution in [0.4, 0.5) is 0 Å². The highest BCUT2D eigenvalue weighted by Gasteiger charge is 2.04. The van der Waals surface area contributed by atoms with Crippen molar-refractivity contribution in [2.75, 3.05) is 6.61 Å². The van der Waals surface area contributed by atoms with Crippen molar-refractivity contribution in [3.63, 3.8) is 0 Å². The topological polar surface area (TPSA) is 42.4 Å². The number of rotatable bonds is 4. The van der Waals surface area contributed by atoms with Crippen LogP contribution in [0.5, 0.6) is 5.75 Å². The van der Waals surface area contributed by atoms with Crippen LogP contribution in [-0.4, -0.2) is 16.7 Å². The standard InChI is InChI=1S/C15H17NO2/c1-3-18-15-6-12(10-17)5-13(7-15)14-4-11(2)8-16-9-14/h4-9,17H,3,10H2,1-2H3. The second-order valence-corrected chi connectivity index (χ2v) is 4.21. The molecule has 18 heavy (non-hydrogen) atoms. The second kappa shape index (κ2) is 5.65. The molecule has 0 spiro atoms. The molecule has 0 fully saturated rings. The number of pyridine rings is 1. The van der Waals surface area contributed by atoms with Gasteiger partial charge in [0.15, 0.2) is 0 Å². The fraction of sp³-hybridized carbons (Fsp3) is 0.267. The van der Waals surface area contributed by atoms with Gasteiger partial charge in [-0.25, -0.2) is 0 Å². The molecule has 1 aromatic heterocycles. The molecule has 0 aliphatic heterocycles. The van der Waals surface area contributed by atoms with Crippen LogP contribution in [0.2, 0.25) is 0 Å². The Morgan fingerprint density at radius 2 is 1.94 bits per heavy atom. The number of benzene rings is 1. The minimum absolute atomic E-state index is 0.00710. The number of ether oxygens (including phenoxy) is 1. The van der Waals surface area contributed by atoms with E-state index in [-0.39, 0.29) is 6.61 Å². The summed E-state index contributed by atoms with van der Waals surface area (Å²) in [6, 6.07) is 7.85. The summed E-state index contributed by atoms with van der Waals surface area (Å²) in [7, 11) is 0. The highest BCUT2D eigenvalue weighted by Crippen LogP contribution is 2.26. The number of hydrogen-bond donors (Lipinski definition) is 1. The lowest BCUT2D eigenvalue weighted by Gasteiger charge is -2.09. The molecule has 0 unspecified atom stereocenters. The summed E-state index contributed by atoms with van der Waals surface area (Å²) in [5.74, 6) is 0.778. The van der Waals surface area contributed by atoms with E-state index in [1.807, 2.05) is 44.4 Å². The predicted octanol–water partition coefficient (Wildman–Crippen LogP) is 2.95. The summed E-state index contributed by atoms with van der Waals surface area (Å²) in [6.45, 7) is 4.57. The van der Waals surface area contributed by atoms with Gasteiger partial charge in [0.05, 0.1) is 13.2 Å². The maximum atomic E-state index is 9.29. The van der Waals surface area contributed by atoms with Crippen LogP contribution in [0, 0.1) is 6.92 Å². The van der Waals surface area contributed by atoms with Gasteiger partial charge < -0.3 is 9.84 Å². The molecule has 1 aromatic carbocycles. The number of aliphatic hydroxyl groups is 1. The van der Waals surface area contributed by atoms with E-state index in [1.54, 1.807) is 0 Å². The van der Waals surface area contributed by atoms with E-state index in [4.69, 9.17) is 4.74 Å². The molecule has 0 aliphatic rings. The molecule has 0 aliphatic carbocycles. The smallest absolute Gasteiger partial charge is 0.120 e. The Kier molecular flexibility index (Phi) is 3.95. The van der Waals surface area contributed by atoms with Crippen LogP contribution in [0.25, 0.3) is 11.1 Å². The van der Waals surface area contributed by atoms with Crippen molar-refractivity contribution in [3.8, 4) is 16.9 Å². The molecule has 1 heterocycles. The summed E-state index contributed by atoms with van der Waals surface area (Å²) in [6.07, 6.45) is 3.64. The van der Waals surface area contributed by atoms with E-state index >= 15 is 0 Å². The van der Waals surface area contributed by atoms with Crippen LogP contribution in [0.1, 0.15) is 18.1 Å². The first kappa shape index (κ1) is 12.6. The number of hydrogen-bond acceptors (Lipinski definition) is 3. The SMILES string of the molecule is CCOc1cc(CO)cc(-c2cncc(C)c2)c1. The monoisotopic (exact) mass is 243 g/mol. The summed E-state index contributed by atoms with van der Waals surface area (Å²) in [4.78, 5) is 4.19. The van der Waals surface area contributed by atoms with E-state index < -0.39 is 0 Å². The van der Waals surface area contributed by atoms with Gasteiger partial charge in [-0.05, 0) is 54.8 Å². The molecule has 2 rings (SSSR count). The van der Waals surface area contributed by atoms with E-state index in [0.717, 1.165) is 28.0 Å². The van der Waals surface area contributed by atoms with Crippen molar-refractivity contribution in [2.45, 2.75) is 20.5 Å². The molecule has 1 N–H and O–H groups in total. The van der Waals surface area contributed by atoms with Crippen molar-refractivity contribution < 1.29 is 9.84 Å². The minimum Gasteiger partial charge on any atom is -0.494 e. The Labute approximate surface area is 107 Å². The third kappa shape index (κ3) is 2.87. The molecule has 0 saturated heterocycles. The Morgan fingerprint density at radius 3 is 2.61 bits per heavy atom. The average molecular weight is 243 g/mol. The summed E-state index contributed by atoms with van der Waals surface area (Å²) in [5.41, 5.74) is 4.00. The third-order valence-electron chi connectivity index (χ3n) is 2.67. The zero-order chi connectivity index (χ0) is 13.0. The summed E-state index contributed by atoms with van der Waals surface area (Å²) >= 11 is 0. The van der Waals surface area contributed by atoms with Gasteiger partial charge in [0.2, 0.25) is 0 Å². The lowest BCUT2D eigenvalue weighted by Crippen LogP contribution is -1.94. The molecular weight excluding hydrogens is 226 g/mol. The molecule has 0 bridgehead atoms. The Morgan fingerprint density at radius 1 is 1.11 bits per heavy atom. The average Bonchev–Trinajstić information content (AvgIpc) is 2.39. The fourth-order valence-electron chi connectivity index (χ4n) is 1.88. The van der Waals surface area contributed by atoms with Crippen molar-refractivity contribution in [2.24, 2.45) is 0 Å². The predicted molar refractivity (Wildman–Crippen MR) is 71.5 cm³/mol. The lowest BCUT2D eigenvalue weighted by atomic mass is 10.0. The van der Waals surface area contributed by atoms with Crippen molar-refractivity contribution in [1.29, 1.82) is 0 Å². The molecule has 94 valence electrons.